The molecule has 0 aliphatic heterocycles. The molecule has 0 radical (unpaired) electrons. The Kier molecular flexibility index (Phi) is 5.09. The van der Waals surface area contributed by atoms with Gasteiger partial charge in [-0.05, 0) is 39.7 Å². The van der Waals surface area contributed by atoms with Crippen LogP contribution >= 0.6 is 15.9 Å². The summed E-state index contributed by atoms with van der Waals surface area (Å²) in [5, 5.41) is 8.44. The molecule has 0 aliphatic rings. The van der Waals surface area contributed by atoms with E-state index in [0.29, 0.717) is 10.0 Å². The van der Waals surface area contributed by atoms with Crippen molar-refractivity contribution in [3.63, 3.8) is 0 Å². The topological polar surface area (TPSA) is 46.5 Å². The minimum Gasteiger partial charge on any atom is -0.486 e. The monoisotopic (exact) mass is 306 g/mol. The van der Waals surface area contributed by atoms with Crippen LogP contribution in [-0.2, 0) is 4.79 Å². The second-order valence-corrected chi connectivity index (χ2v) is 3.92. The zero-order valence-corrected chi connectivity index (χ0v) is 10.2. The predicted molar refractivity (Wildman–Crippen MR) is 62.3 cm³/mol. The molecule has 0 spiro atoms. The maximum absolute atomic E-state index is 11.9. The highest BCUT2D eigenvalue weighted by Crippen LogP contribution is 2.26. The number of hydrogen-bond acceptors (Lipinski definition) is 2. The van der Waals surface area contributed by atoms with Gasteiger partial charge in [-0.25, -0.2) is 13.6 Å². The summed E-state index contributed by atoms with van der Waals surface area (Å²) < 4.78 is 29.2. The van der Waals surface area contributed by atoms with Gasteiger partial charge in [0.1, 0.15) is 12.4 Å². The van der Waals surface area contributed by atoms with Crippen LogP contribution < -0.4 is 4.74 Å². The van der Waals surface area contributed by atoms with Crippen molar-refractivity contribution in [3.8, 4) is 5.75 Å². The van der Waals surface area contributed by atoms with Gasteiger partial charge in [-0.3, -0.25) is 0 Å². The molecule has 0 aromatic heterocycles. The largest absolute Gasteiger partial charge is 0.486 e. The van der Waals surface area contributed by atoms with Crippen molar-refractivity contribution in [1.29, 1.82) is 0 Å². The van der Waals surface area contributed by atoms with Crippen LogP contribution in [0.3, 0.4) is 0 Å². The Morgan fingerprint density at radius 3 is 2.76 bits per heavy atom. The summed E-state index contributed by atoms with van der Waals surface area (Å²) in [6.07, 6.45) is -0.153. The third-order valence-corrected chi connectivity index (χ3v) is 2.36. The maximum Gasteiger partial charge on any atom is 0.328 e. The van der Waals surface area contributed by atoms with Gasteiger partial charge in [-0.1, -0.05) is 6.07 Å². The lowest BCUT2D eigenvalue weighted by atomic mass is 10.2. The van der Waals surface area contributed by atoms with Crippen molar-refractivity contribution in [3.05, 3.63) is 34.3 Å². The number of alkyl halides is 2. The quantitative estimate of drug-likeness (QED) is 0.850. The average molecular weight is 307 g/mol. The normalized spacial score (nSPS) is 11.1. The van der Waals surface area contributed by atoms with Gasteiger partial charge in [0.05, 0.1) is 4.47 Å². The van der Waals surface area contributed by atoms with Crippen LogP contribution in [0.4, 0.5) is 8.78 Å². The number of halogens is 3. The third-order valence-electron chi connectivity index (χ3n) is 1.74. The first-order chi connectivity index (χ1) is 7.99. The van der Waals surface area contributed by atoms with Crippen LogP contribution in [0.15, 0.2) is 28.7 Å². The van der Waals surface area contributed by atoms with Gasteiger partial charge in [0.2, 0.25) is 0 Å². The molecule has 0 unspecified atom stereocenters. The van der Waals surface area contributed by atoms with Crippen LogP contribution in [0.1, 0.15) is 5.56 Å². The molecule has 3 nitrogen and oxygen atoms in total. The summed E-state index contributed by atoms with van der Waals surface area (Å²) in [5.74, 6) is -0.767. The number of hydrogen-bond donors (Lipinski definition) is 1. The van der Waals surface area contributed by atoms with Crippen molar-refractivity contribution in [1.82, 2.24) is 0 Å². The van der Waals surface area contributed by atoms with Gasteiger partial charge < -0.3 is 9.84 Å². The van der Waals surface area contributed by atoms with E-state index in [1.165, 1.54) is 12.1 Å². The highest BCUT2D eigenvalue weighted by atomic mass is 79.9. The van der Waals surface area contributed by atoms with E-state index in [2.05, 4.69) is 15.9 Å². The SMILES string of the molecule is O=C(O)C=Cc1ccc(OCC(F)F)c(Br)c1. The molecule has 0 heterocycles. The Labute approximate surface area is 105 Å². The van der Waals surface area contributed by atoms with Gasteiger partial charge in [-0.15, -0.1) is 0 Å². The Morgan fingerprint density at radius 1 is 1.53 bits per heavy atom. The molecule has 1 aromatic rings. The molecule has 0 bridgehead atoms. The smallest absolute Gasteiger partial charge is 0.328 e. The second-order valence-electron chi connectivity index (χ2n) is 3.06. The van der Waals surface area contributed by atoms with Gasteiger partial charge in [0.15, 0.2) is 0 Å². The number of carboxylic acids is 1. The fourth-order valence-corrected chi connectivity index (χ4v) is 1.57. The Hall–Kier alpha value is -1.43. The summed E-state index contributed by atoms with van der Waals surface area (Å²) in [5.41, 5.74) is 0.628. The molecule has 0 saturated heterocycles. The Morgan fingerprint density at radius 2 is 2.24 bits per heavy atom. The van der Waals surface area contributed by atoms with Crippen LogP contribution in [0.2, 0.25) is 0 Å². The van der Waals surface area contributed by atoms with Gasteiger partial charge in [0.25, 0.3) is 6.43 Å². The number of ether oxygens (including phenoxy) is 1. The molecule has 0 amide bonds. The van der Waals surface area contributed by atoms with E-state index in [4.69, 9.17) is 9.84 Å². The van der Waals surface area contributed by atoms with Gasteiger partial charge in [0, 0.05) is 6.08 Å². The number of benzene rings is 1. The van der Waals surface area contributed by atoms with E-state index < -0.39 is 19.0 Å². The van der Waals surface area contributed by atoms with Gasteiger partial charge in [-0.2, -0.15) is 0 Å². The lowest BCUT2D eigenvalue weighted by molar-refractivity contribution is -0.131. The van der Waals surface area contributed by atoms with Crippen LogP contribution in [0, 0.1) is 0 Å². The fourth-order valence-electron chi connectivity index (χ4n) is 1.06. The lowest BCUT2D eigenvalue weighted by Crippen LogP contribution is -2.07. The summed E-state index contributed by atoms with van der Waals surface area (Å²) >= 11 is 3.15. The summed E-state index contributed by atoms with van der Waals surface area (Å²) in [6, 6.07) is 4.65. The summed E-state index contributed by atoms with van der Waals surface area (Å²) in [7, 11) is 0. The summed E-state index contributed by atoms with van der Waals surface area (Å²) in [6.45, 7) is -0.678. The minimum atomic E-state index is -2.53. The van der Waals surface area contributed by atoms with E-state index >= 15 is 0 Å². The molecule has 6 heteroatoms. The number of carboxylic acid groups (broad SMARTS) is 1. The minimum absolute atomic E-state index is 0.290. The highest BCUT2D eigenvalue weighted by Gasteiger charge is 2.06. The molecule has 17 heavy (non-hydrogen) atoms. The molecule has 1 N–H and O–H groups in total. The Balaban J connectivity index is 2.75. The van der Waals surface area contributed by atoms with E-state index in [9.17, 15) is 13.6 Å². The van der Waals surface area contributed by atoms with Crippen LogP contribution in [0.5, 0.6) is 5.75 Å². The molecular weight excluding hydrogens is 298 g/mol. The zero-order valence-electron chi connectivity index (χ0n) is 8.57. The van der Waals surface area contributed by atoms with Crippen LogP contribution in [0.25, 0.3) is 6.08 Å². The standard InChI is InChI=1S/C11H9BrF2O3/c12-8-5-7(2-4-11(15)16)1-3-9(8)17-6-10(13)14/h1-5,10H,6H2,(H,15,16). The van der Waals surface area contributed by atoms with Crippen molar-refractivity contribution in [2.45, 2.75) is 6.43 Å². The fraction of sp³-hybridized carbons (Fsp3) is 0.182. The Bertz CT molecular complexity index is 433. The van der Waals surface area contributed by atoms with E-state index in [1.807, 2.05) is 0 Å². The van der Waals surface area contributed by atoms with E-state index in [1.54, 1.807) is 12.1 Å². The summed E-state index contributed by atoms with van der Waals surface area (Å²) in [4.78, 5) is 10.3. The first-order valence-electron chi connectivity index (χ1n) is 4.60. The molecule has 0 fully saturated rings. The highest BCUT2D eigenvalue weighted by molar-refractivity contribution is 9.10. The molecule has 0 aliphatic carbocycles. The van der Waals surface area contributed by atoms with Crippen molar-refractivity contribution in [2.75, 3.05) is 6.61 Å². The number of rotatable bonds is 5. The molecule has 0 atom stereocenters. The van der Waals surface area contributed by atoms with Crippen molar-refractivity contribution < 1.29 is 23.4 Å². The first-order valence-corrected chi connectivity index (χ1v) is 5.40. The third kappa shape index (κ3) is 4.95. The second kappa shape index (κ2) is 6.34. The molecule has 1 rings (SSSR count). The number of carbonyl (C=O) groups is 1. The number of aliphatic carboxylic acids is 1. The predicted octanol–water partition coefficient (Wildman–Crippen LogP) is 3.19. The van der Waals surface area contributed by atoms with Gasteiger partial charge >= 0.3 is 5.97 Å². The molecule has 0 saturated carbocycles. The van der Waals surface area contributed by atoms with Crippen molar-refractivity contribution in [2.24, 2.45) is 0 Å². The molecular formula is C11H9BrF2O3. The molecule has 92 valence electrons. The average Bonchev–Trinajstić information content (AvgIpc) is 2.24. The lowest BCUT2D eigenvalue weighted by Gasteiger charge is -2.07. The van der Waals surface area contributed by atoms with E-state index in [-0.39, 0.29) is 5.75 Å². The van der Waals surface area contributed by atoms with E-state index in [0.717, 1.165) is 6.08 Å². The van der Waals surface area contributed by atoms with Crippen LogP contribution in [-0.4, -0.2) is 24.1 Å². The molecule has 1 aromatic carbocycles. The zero-order chi connectivity index (χ0) is 12.8. The maximum atomic E-state index is 11.9. The first kappa shape index (κ1) is 13.6. The van der Waals surface area contributed by atoms with Crippen molar-refractivity contribution >= 4 is 28.0 Å².